The number of rotatable bonds is 4. The van der Waals surface area contributed by atoms with Crippen molar-refractivity contribution in [2.45, 2.75) is 13.8 Å². The van der Waals surface area contributed by atoms with E-state index in [0.717, 1.165) is 22.4 Å². The molecule has 0 fully saturated rings. The highest BCUT2D eigenvalue weighted by Gasteiger charge is 2.21. The summed E-state index contributed by atoms with van der Waals surface area (Å²) in [5.74, 6) is -0.303. The summed E-state index contributed by atoms with van der Waals surface area (Å²) < 4.78 is 5.28. The molecule has 0 aliphatic carbocycles. The summed E-state index contributed by atoms with van der Waals surface area (Å²) in [5, 5.41) is 0. The lowest BCUT2D eigenvalue weighted by atomic mass is 9.99. The molecule has 0 bridgehead atoms. The summed E-state index contributed by atoms with van der Waals surface area (Å²) >= 11 is 0. The van der Waals surface area contributed by atoms with Crippen molar-refractivity contribution in [3.05, 3.63) is 71.9 Å². The molecule has 0 radical (unpaired) electrons. The van der Waals surface area contributed by atoms with Crippen LogP contribution in [0.25, 0.3) is 22.4 Å². The van der Waals surface area contributed by atoms with Gasteiger partial charge in [0, 0.05) is 11.8 Å². The molecule has 0 aliphatic heterocycles. The molecule has 1 heterocycles. The van der Waals surface area contributed by atoms with E-state index < -0.39 is 0 Å². The molecule has 3 heteroatoms. The van der Waals surface area contributed by atoms with Gasteiger partial charge in [0.05, 0.1) is 17.9 Å². The van der Waals surface area contributed by atoms with Crippen molar-refractivity contribution in [1.29, 1.82) is 0 Å². The SMILES string of the molecule is CCOC(=O)c1c(-c2ccccc2)c[nH]c1-c1ccc(C)cc1. The average molecular weight is 305 g/mol. The Labute approximate surface area is 135 Å². The number of hydrogen-bond acceptors (Lipinski definition) is 2. The lowest BCUT2D eigenvalue weighted by Crippen LogP contribution is -2.06. The van der Waals surface area contributed by atoms with Gasteiger partial charge in [-0.2, -0.15) is 0 Å². The number of aromatic amines is 1. The van der Waals surface area contributed by atoms with Crippen molar-refractivity contribution >= 4 is 5.97 Å². The molecule has 1 N–H and O–H groups in total. The van der Waals surface area contributed by atoms with E-state index in [0.29, 0.717) is 12.2 Å². The van der Waals surface area contributed by atoms with Crippen LogP contribution in [-0.4, -0.2) is 17.6 Å². The summed E-state index contributed by atoms with van der Waals surface area (Å²) in [4.78, 5) is 15.8. The van der Waals surface area contributed by atoms with Crippen molar-refractivity contribution in [3.63, 3.8) is 0 Å². The normalized spacial score (nSPS) is 10.5. The second kappa shape index (κ2) is 6.53. The first kappa shape index (κ1) is 15.1. The maximum atomic E-state index is 12.5. The zero-order chi connectivity index (χ0) is 16.2. The number of hydrogen-bond donors (Lipinski definition) is 1. The topological polar surface area (TPSA) is 42.1 Å². The molecule has 1 aromatic heterocycles. The first-order valence-corrected chi connectivity index (χ1v) is 7.71. The number of H-pyrrole nitrogens is 1. The van der Waals surface area contributed by atoms with Crippen LogP contribution < -0.4 is 0 Å². The number of ether oxygens (including phenoxy) is 1. The quantitative estimate of drug-likeness (QED) is 0.701. The molecule has 3 nitrogen and oxygen atoms in total. The van der Waals surface area contributed by atoms with Crippen molar-refractivity contribution in [2.24, 2.45) is 0 Å². The molecule has 0 unspecified atom stereocenters. The van der Waals surface area contributed by atoms with Crippen molar-refractivity contribution in [2.75, 3.05) is 6.61 Å². The number of carbonyl (C=O) groups is 1. The Morgan fingerprint density at radius 2 is 1.70 bits per heavy atom. The molecule has 116 valence electrons. The zero-order valence-corrected chi connectivity index (χ0v) is 13.3. The number of benzene rings is 2. The molecule has 0 atom stereocenters. The van der Waals surface area contributed by atoms with Gasteiger partial charge in [-0.25, -0.2) is 4.79 Å². The van der Waals surface area contributed by atoms with Crippen LogP contribution in [0.4, 0.5) is 0 Å². The highest BCUT2D eigenvalue weighted by Crippen LogP contribution is 2.32. The minimum Gasteiger partial charge on any atom is -0.462 e. The van der Waals surface area contributed by atoms with Gasteiger partial charge in [0.1, 0.15) is 0 Å². The largest absolute Gasteiger partial charge is 0.462 e. The van der Waals surface area contributed by atoms with Gasteiger partial charge < -0.3 is 9.72 Å². The fourth-order valence-corrected chi connectivity index (χ4v) is 2.63. The van der Waals surface area contributed by atoms with Gasteiger partial charge >= 0.3 is 5.97 Å². The van der Waals surface area contributed by atoms with Gasteiger partial charge in [0.2, 0.25) is 0 Å². The summed E-state index contributed by atoms with van der Waals surface area (Å²) in [7, 11) is 0. The first-order chi connectivity index (χ1) is 11.2. The Kier molecular flexibility index (Phi) is 4.29. The molecule has 0 amide bonds. The van der Waals surface area contributed by atoms with Gasteiger partial charge in [-0.1, -0.05) is 60.2 Å². The second-order valence-corrected chi connectivity index (χ2v) is 5.40. The van der Waals surface area contributed by atoms with Crippen LogP contribution in [0.3, 0.4) is 0 Å². The molecule has 0 saturated carbocycles. The van der Waals surface area contributed by atoms with Crippen LogP contribution in [0.5, 0.6) is 0 Å². The number of carbonyl (C=O) groups excluding carboxylic acids is 1. The molecular formula is C20H19NO2. The molecule has 0 saturated heterocycles. The fourth-order valence-electron chi connectivity index (χ4n) is 2.63. The maximum Gasteiger partial charge on any atom is 0.340 e. The highest BCUT2D eigenvalue weighted by molar-refractivity contribution is 6.03. The predicted molar refractivity (Wildman–Crippen MR) is 92.4 cm³/mol. The third-order valence-corrected chi connectivity index (χ3v) is 3.78. The van der Waals surface area contributed by atoms with Gasteiger partial charge in [0.25, 0.3) is 0 Å². The smallest absolute Gasteiger partial charge is 0.340 e. The Hall–Kier alpha value is -2.81. The van der Waals surface area contributed by atoms with Crippen LogP contribution in [-0.2, 0) is 4.74 Å². The van der Waals surface area contributed by atoms with E-state index in [1.54, 1.807) is 0 Å². The molecular weight excluding hydrogens is 286 g/mol. The molecule has 3 aromatic rings. The second-order valence-electron chi connectivity index (χ2n) is 5.40. The van der Waals surface area contributed by atoms with Crippen molar-refractivity contribution in [1.82, 2.24) is 4.98 Å². The molecule has 23 heavy (non-hydrogen) atoms. The molecule has 0 aliphatic rings. The summed E-state index contributed by atoms with van der Waals surface area (Å²) in [6.45, 7) is 4.21. The fraction of sp³-hybridized carbons (Fsp3) is 0.150. The van der Waals surface area contributed by atoms with E-state index >= 15 is 0 Å². The minimum atomic E-state index is -0.303. The number of aromatic nitrogens is 1. The monoisotopic (exact) mass is 305 g/mol. The average Bonchev–Trinajstić information content (AvgIpc) is 3.01. The van der Waals surface area contributed by atoms with Crippen molar-refractivity contribution in [3.8, 4) is 22.4 Å². The van der Waals surface area contributed by atoms with E-state index in [4.69, 9.17) is 4.74 Å². The number of esters is 1. The molecule has 2 aromatic carbocycles. The summed E-state index contributed by atoms with van der Waals surface area (Å²) in [6, 6.07) is 18.0. The van der Waals surface area contributed by atoms with Gasteiger partial charge in [-0.15, -0.1) is 0 Å². The van der Waals surface area contributed by atoms with Crippen LogP contribution >= 0.6 is 0 Å². The highest BCUT2D eigenvalue weighted by atomic mass is 16.5. The van der Waals surface area contributed by atoms with Crippen LogP contribution in [0, 0.1) is 6.92 Å². The van der Waals surface area contributed by atoms with Crippen LogP contribution in [0.2, 0.25) is 0 Å². The van der Waals surface area contributed by atoms with Crippen LogP contribution in [0.1, 0.15) is 22.8 Å². The lowest BCUT2D eigenvalue weighted by molar-refractivity contribution is 0.0528. The number of nitrogens with one attached hydrogen (secondary N) is 1. The lowest BCUT2D eigenvalue weighted by Gasteiger charge is -2.08. The van der Waals surface area contributed by atoms with E-state index in [1.165, 1.54) is 5.56 Å². The van der Waals surface area contributed by atoms with Gasteiger partial charge in [-0.3, -0.25) is 0 Å². The molecule has 0 spiro atoms. The third kappa shape index (κ3) is 3.04. The van der Waals surface area contributed by atoms with Crippen LogP contribution in [0.15, 0.2) is 60.8 Å². The van der Waals surface area contributed by atoms with Gasteiger partial charge in [-0.05, 0) is 25.0 Å². The van der Waals surface area contributed by atoms with Crippen molar-refractivity contribution < 1.29 is 9.53 Å². The van der Waals surface area contributed by atoms with E-state index in [1.807, 2.05) is 74.6 Å². The number of aryl methyl sites for hydroxylation is 1. The first-order valence-electron chi connectivity index (χ1n) is 7.71. The van der Waals surface area contributed by atoms with E-state index in [9.17, 15) is 4.79 Å². The van der Waals surface area contributed by atoms with E-state index in [-0.39, 0.29) is 5.97 Å². The third-order valence-electron chi connectivity index (χ3n) is 3.78. The maximum absolute atomic E-state index is 12.5. The predicted octanol–water partition coefficient (Wildman–Crippen LogP) is 4.83. The van der Waals surface area contributed by atoms with E-state index in [2.05, 4.69) is 4.98 Å². The Morgan fingerprint density at radius 3 is 2.35 bits per heavy atom. The summed E-state index contributed by atoms with van der Waals surface area (Å²) in [6.07, 6.45) is 1.87. The zero-order valence-electron chi connectivity index (χ0n) is 13.3. The Bertz CT molecular complexity index is 801. The Balaban J connectivity index is 2.15. The molecule has 3 rings (SSSR count). The summed E-state index contributed by atoms with van der Waals surface area (Å²) in [5.41, 5.74) is 5.39. The standard InChI is InChI=1S/C20H19NO2/c1-3-23-20(22)18-17(15-7-5-4-6-8-15)13-21-19(18)16-11-9-14(2)10-12-16/h4-13,21H,3H2,1-2H3. The minimum absolute atomic E-state index is 0.303. The van der Waals surface area contributed by atoms with Gasteiger partial charge in [0.15, 0.2) is 0 Å². The Morgan fingerprint density at radius 1 is 1.00 bits per heavy atom.